The lowest BCUT2D eigenvalue weighted by atomic mass is 9.95. The van der Waals surface area contributed by atoms with Crippen LogP contribution in [0.5, 0.6) is 11.5 Å². The van der Waals surface area contributed by atoms with E-state index in [9.17, 15) is 9.18 Å². The molecule has 0 unspecified atom stereocenters. The summed E-state index contributed by atoms with van der Waals surface area (Å²) in [5.41, 5.74) is 2.02. The lowest BCUT2D eigenvalue weighted by Gasteiger charge is -2.31. The van der Waals surface area contributed by atoms with Gasteiger partial charge in [0.25, 0.3) is 0 Å². The third-order valence-corrected chi connectivity index (χ3v) is 5.60. The number of anilines is 2. The van der Waals surface area contributed by atoms with Crippen molar-refractivity contribution in [2.75, 3.05) is 30.1 Å². The Hall–Kier alpha value is -3.68. The van der Waals surface area contributed by atoms with Crippen LogP contribution in [0.15, 0.2) is 54.6 Å². The van der Waals surface area contributed by atoms with Gasteiger partial charge in [-0.05, 0) is 49.2 Å². The Morgan fingerprint density at radius 2 is 1.84 bits per heavy atom. The van der Waals surface area contributed by atoms with Crippen LogP contribution in [0.1, 0.15) is 12.8 Å². The van der Waals surface area contributed by atoms with Crippen molar-refractivity contribution >= 4 is 17.4 Å². The minimum atomic E-state index is -0.301. The molecule has 0 spiro atoms. The Kier molecular flexibility index (Phi) is 5.11. The number of amides is 1. The molecule has 1 saturated heterocycles. The van der Waals surface area contributed by atoms with E-state index >= 15 is 0 Å². The third kappa shape index (κ3) is 4.14. The quantitative estimate of drug-likeness (QED) is 0.691. The largest absolute Gasteiger partial charge is 0.454 e. The fraction of sp³-hybridized carbons (Fsp3) is 0.261. The molecular weight excluding hydrogens is 399 g/mol. The zero-order valence-corrected chi connectivity index (χ0v) is 16.8. The molecule has 2 aliphatic rings. The molecule has 3 heterocycles. The van der Waals surface area contributed by atoms with Gasteiger partial charge >= 0.3 is 0 Å². The molecule has 1 aromatic heterocycles. The molecule has 1 N–H and O–H groups in total. The van der Waals surface area contributed by atoms with Gasteiger partial charge < -0.3 is 19.7 Å². The number of nitrogens with one attached hydrogen (secondary N) is 1. The van der Waals surface area contributed by atoms with Crippen LogP contribution in [0, 0.1) is 11.7 Å². The van der Waals surface area contributed by atoms with Crippen LogP contribution in [0.25, 0.3) is 11.3 Å². The van der Waals surface area contributed by atoms with Crippen molar-refractivity contribution in [1.29, 1.82) is 0 Å². The van der Waals surface area contributed by atoms with Gasteiger partial charge in [0.2, 0.25) is 12.7 Å². The van der Waals surface area contributed by atoms with Crippen molar-refractivity contribution in [2.24, 2.45) is 5.92 Å². The first-order valence-electron chi connectivity index (χ1n) is 10.2. The average molecular weight is 420 g/mol. The molecule has 0 radical (unpaired) electrons. The highest BCUT2D eigenvalue weighted by Crippen LogP contribution is 2.34. The molecule has 5 rings (SSSR count). The van der Waals surface area contributed by atoms with Gasteiger partial charge in [-0.25, -0.2) is 4.39 Å². The van der Waals surface area contributed by atoms with Gasteiger partial charge in [-0.2, -0.15) is 0 Å². The molecule has 8 heteroatoms. The standard InChI is InChI=1S/C23H21FN4O3/c24-17-3-1-2-16(12-17)19-5-7-22(27-26-19)28-10-8-15(9-11-28)23(29)25-18-4-6-20-21(13-18)31-14-30-20/h1-7,12-13,15H,8-11,14H2,(H,25,29). The summed E-state index contributed by atoms with van der Waals surface area (Å²) < 4.78 is 24.1. The Morgan fingerprint density at radius 3 is 2.61 bits per heavy atom. The number of halogens is 1. The molecule has 1 fully saturated rings. The fourth-order valence-corrected chi connectivity index (χ4v) is 3.89. The molecule has 7 nitrogen and oxygen atoms in total. The van der Waals surface area contributed by atoms with Crippen LogP contribution >= 0.6 is 0 Å². The second kappa shape index (κ2) is 8.22. The maximum absolute atomic E-state index is 13.4. The highest BCUT2D eigenvalue weighted by Gasteiger charge is 2.26. The number of hydrogen-bond acceptors (Lipinski definition) is 6. The van der Waals surface area contributed by atoms with Crippen LogP contribution < -0.4 is 19.7 Å². The molecule has 158 valence electrons. The normalized spacial score (nSPS) is 15.7. The van der Waals surface area contributed by atoms with E-state index in [0.717, 1.165) is 18.7 Å². The number of hydrogen-bond donors (Lipinski definition) is 1. The van der Waals surface area contributed by atoms with Crippen molar-refractivity contribution in [2.45, 2.75) is 12.8 Å². The number of nitrogens with zero attached hydrogens (tertiary/aromatic N) is 3. The minimum absolute atomic E-state index is 0.00560. The van der Waals surface area contributed by atoms with E-state index < -0.39 is 0 Å². The van der Waals surface area contributed by atoms with Crippen LogP contribution in [0.4, 0.5) is 15.9 Å². The number of fused-ring (bicyclic) bond motifs is 1. The Labute approximate surface area is 178 Å². The van der Waals surface area contributed by atoms with Crippen LogP contribution in [0.2, 0.25) is 0 Å². The topological polar surface area (TPSA) is 76.6 Å². The van der Waals surface area contributed by atoms with Gasteiger partial charge in [-0.3, -0.25) is 4.79 Å². The highest BCUT2D eigenvalue weighted by atomic mass is 19.1. The predicted molar refractivity (Wildman–Crippen MR) is 114 cm³/mol. The Morgan fingerprint density at radius 1 is 1.00 bits per heavy atom. The number of rotatable bonds is 4. The minimum Gasteiger partial charge on any atom is -0.454 e. The van der Waals surface area contributed by atoms with E-state index in [1.807, 2.05) is 18.2 Å². The smallest absolute Gasteiger partial charge is 0.231 e. The Bertz CT molecular complexity index is 1100. The van der Waals surface area contributed by atoms with Crippen molar-refractivity contribution < 1.29 is 18.7 Å². The first kappa shape index (κ1) is 19.3. The molecule has 31 heavy (non-hydrogen) atoms. The molecule has 0 bridgehead atoms. The van der Waals surface area contributed by atoms with Gasteiger partial charge in [0.15, 0.2) is 17.3 Å². The summed E-state index contributed by atoms with van der Waals surface area (Å²) in [5.74, 6) is 1.73. The molecular formula is C23H21FN4O3. The van der Waals surface area contributed by atoms with Crippen molar-refractivity contribution in [1.82, 2.24) is 10.2 Å². The number of piperidine rings is 1. The van der Waals surface area contributed by atoms with Crippen molar-refractivity contribution in [3.63, 3.8) is 0 Å². The monoisotopic (exact) mass is 420 g/mol. The van der Waals surface area contributed by atoms with Gasteiger partial charge in [-0.15, -0.1) is 10.2 Å². The number of benzene rings is 2. The van der Waals surface area contributed by atoms with E-state index in [4.69, 9.17) is 9.47 Å². The summed E-state index contributed by atoms with van der Waals surface area (Å²) in [6.45, 7) is 1.64. The van der Waals surface area contributed by atoms with Crippen LogP contribution in [0.3, 0.4) is 0 Å². The second-order valence-corrected chi connectivity index (χ2v) is 7.61. The van der Waals surface area contributed by atoms with Crippen LogP contribution in [-0.4, -0.2) is 36.0 Å². The third-order valence-electron chi connectivity index (χ3n) is 5.60. The maximum Gasteiger partial charge on any atom is 0.231 e. The molecule has 3 aromatic rings. The van der Waals surface area contributed by atoms with E-state index in [-0.39, 0.29) is 24.4 Å². The molecule has 2 aromatic carbocycles. The SMILES string of the molecule is O=C(Nc1ccc2c(c1)OCO2)C1CCN(c2ccc(-c3cccc(F)c3)nn2)CC1. The number of aromatic nitrogens is 2. The zero-order chi connectivity index (χ0) is 21.2. The maximum atomic E-state index is 13.4. The van der Waals surface area contributed by atoms with E-state index in [2.05, 4.69) is 20.4 Å². The molecule has 1 amide bonds. The summed E-state index contributed by atoms with van der Waals surface area (Å²) in [6, 6.07) is 15.4. The summed E-state index contributed by atoms with van der Waals surface area (Å²) >= 11 is 0. The van der Waals surface area contributed by atoms with Crippen molar-refractivity contribution in [3.05, 3.63) is 60.4 Å². The number of carbonyl (C=O) groups excluding carboxylic acids is 1. The van der Waals surface area contributed by atoms with Gasteiger partial charge in [0.05, 0.1) is 5.69 Å². The summed E-state index contributed by atoms with van der Waals surface area (Å²) in [7, 11) is 0. The van der Waals surface area contributed by atoms with Gasteiger partial charge in [0.1, 0.15) is 5.82 Å². The molecule has 0 aliphatic carbocycles. The number of ether oxygens (including phenoxy) is 2. The van der Waals surface area contributed by atoms with E-state index in [1.54, 1.807) is 24.3 Å². The van der Waals surface area contributed by atoms with E-state index in [1.165, 1.54) is 12.1 Å². The average Bonchev–Trinajstić information content (AvgIpc) is 3.27. The summed E-state index contributed by atoms with van der Waals surface area (Å²) in [6.07, 6.45) is 1.45. The molecule has 2 aliphatic heterocycles. The first-order chi connectivity index (χ1) is 15.2. The Balaban J connectivity index is 1.18. The van der Waals surface area contributed by atoms with Gasteiger partial charge in [-0.1, -0.05) is 12.1 Å². The van der Waals surface area contributed by atoms with Gasteiger partial charge in [0, 0.05) is 36.3 Å². The van der Waals surface area contributed by atoms with Crippen molar-refractivity contribution in [3.8, 4) is 22.8 Å². The second-order valence-electron chi connectivity index (χ2n) is 7.61. The highest BCUT2D eigenvalue weighted by molar-refractivity contribution is 5.93. The number of carbonyl (C=O) groups is 1. The first-order valence-corrected chi connectivity index (χ1v) is 10.2. The summed E-state index contributed by atoms with van der Waals surface area (Å²) in [5, 5.41) is 11.5. The van der Waals surface area contributed by atoms with Crippen LogP contribution in [-0.2, 0) is 4.79 Å². The predicted octanol–water partition coefficient (Wildman–Crippen LogP) is 3.87. The van der Waals surface area contributed by atoms with E-state index in [0.29, 0.717) is 41.5 Å². The molecule has 0 saturated carbocycles. The fourth-order valence-electron chi connectivity index (χ4n) is 3.89. The molecule has 0 atom stereocenters. The lowest BCUT2D eigenvalue weighted by Crippen LogP contribution is -2.38. The lowest BCUT2D eigenvalue weighted by molar-refractivity contribution is -0.120. The zero-order valence-electron chi connectivity index (χ0n) is 16.8. The summed E-state index contributed by atoms with van der Waals surface area (Å²) in [4.78, 5) is 14.8.